The standard InChI is InChI=1S/C20H30N6O.HI/c1-5-21-20(22-10-7-11-26-16(3)12-15(2)25-26)23-14-18-8-6-9-19(13-18)24-17(4)27;/h6,8-9,12-13H,5,7,10-11,14H2,1-4H3,(H,24,27)(H2,21,22,23);1H. The number of hydrogen-bond acceptors (Lipinski definition) is 3. The maximum atomic E-state index is 11.2. The van der Waals surface area contributed by atoms with E-state index < -0.39 is 0 Å². The van der Waals surface area contributed by atoms with Gasteiger partial charge in [0.05, 0.1) is 12.2 Å². The molecule has 1 heterocycles. The fourth-order valence-corrected chi connectivity index (χ4v) is 2.80. The fourth-order valence-electron chi connectivity index (χ4n) is 2.80. The van der Waals surface area contributed by atoms with E-state index in [-0.39, 0.29) is 29.9 Å². The summed E-state index contributed by atoms with van der Waals surface area (Å²) < 4.78 is 2.04. The number of rotatable bonds is 8. The highest BCUT2D eigenvalue weighted by Gasteiger charge is 2.02. The minimum absolute atomic E-state index is 0. The molecule has 0 bridgehead atoms. The third-order valence-electron chi connectivity index (χ3n) is 3.95. The Hall–Kier alpha value is -2.10. The molecule has 1 amide bonds. The van der Waals surface area contributed by atoms with E-state index in [1.165, 1.54) is 12.6 Å². The average molecular weight is 498 g/mol. The van der Waals surface area contributed by atoms with Gasteiger partial charge in [-0.05, 0) is 51.0 Å². The van der Waals surface area contributed by atoms with Crippen LogP contribution in [0.4, 0.5) is 5.69 Å². The second-order valence-electron chi connectivity index (χ2n) is 6.51. The van der Waals surface area contributed by atoms with E-state index in [4.69, 9.17) is 0 Å². The molecule has 0 aliphatic heterocycles. The molecule has 1 aromatic heterocycles. The SMILES string of the molecule is CCNC(=NCc1cccc(NC(C)=O)c1)NCCCn1nc(C)cc1C.I. The number of hydrogen-bond donors (Lipinski definition) is 3. The van der Waals surface area contributed by atoms with Crippen molar-refractivity contribution in [1.29, 1.82) is 0 Å². The van der Waals surface area contributed by atoms with Crippen LogP contribution in [-0.4, -0.2) is 34.7 Å². The molecule has 0 unspecified atom stereocenters. The molecule has 8 heteroatoms. The Kier molecular flexibility index (Phi) is 10.6. The van der Waals surface area contributed by atoms with Crippen molar-refractivity contribution in [3.8, 4) is 0 Å². The molecule has 3 N–H and O–H groups in total. The Morgan fingerprint density at radius 2 is 2.00 bits per heavy atom. The second-order valence-corrected chi connectivity index (χ2v) is 6.51. The zero-order chi connectivity index (χ0) is 19.6. The highest BCUT2D eigenvalue weighted by molar-refractivity contribution is 14.0. The Balaban J connectivity index is 0.00000392. The van der Waals surface area contributed by atoms with E-state index in [0.717, 1.165) is 49.0 Å². The van der Waals surface area contributed by atoms with E-state index >= 15 is 0 Å². The number of anilines is 1. The van der Waals surface area contributed by atoms with Crippen LogP contribution < -0.4 is 16.0 Å². The molecule has 154 valence electrons. The van der Waals surface area contributed by atoms with E-state index in [9.17, 15) is 4.79 Å². The molecule has 0 aliphatic rings. The van der Waals surface area contributed by atoms with E-state index in [1.807, 2.05) is 42.8 Å². The number of amides is 1. The third kappa shape index (κ3) is 8.28. The maximum absolute atomic E-state index is 11.2. The van der Waals surface area contributed by atoms with Crippen molar-refractivity contribution in [3.63, 3.8) is 0 Å². The lowest BCUT2D eigenvalue weighted by molar-refractivity contribution is -0.114. The summed E-state index contributed by atoms with van der Waals surface area (Å²) in [4.78, 5) is 15.8. The minimum Gasteiger partial charge on any atom is -0.357 e. The first-order valence-electron chi connectivity index (χ1n) is 9.37. The molecule has 0 atom stereocenters. The maximum Gasteiger partial charge on any atom is 0.221 e. The molecule has 0 saturated heterocycles. The van der Waals surface area contributed by atoms with Crippen LogP contribution in [0.3, 0.4) is 0 Å². The number of aliphatic imine (C=N–C) groups is 1. The number of aryl methyl sites for hydroxylation is 3. The predicted octanol–water partition coefficient (Wildman–Crippen LogP) is 3.22. The van der Waals surface area contributed by atoms with Gasteiger partial charge in [-0.3, -0.25) is 9.48 Å². The minimum atomic E-state index is -0.0757. The van der Waals surface area contributed by atoms with Gasteiger partial charge in [0, 0.05) is 37.9 Å². The summed E-state index contributed by atoms with van der Waals surface area (Å²) in [6.45, 7) is 10.7. The molecule has 7 nitrogen and oxygen atoms in total. The normalized spacial score (nSPS) is 10.9. The lowest BCUT2D eigenvalue weighted by atomic mass is 10.2. The highest BCUT2D eigenvalue weighted by Crippen LogP contribution is 2.11. The summed E-state index contributed by atoms with van der Waals surface area (Å²) in [6.07, 6.45) is 0.963. The van der Waals surface area contributed by atoms with Gasteiger partial charge in [-0.15, -0.1) is 24.0 Å². The first-order valence-corrected chi connectivity index (χ1v) is 9.37. The summed E-state index contributed by atoms with van der Waals surface area (Å²) in [5.41, 5.74) is 4.07. The second kappa shape index (κ2) is 12.4. The van der Waals surface area contributed by atoms with Crippen molar-refractivity contribution >= 4 is 41.5 Å². The molecular formula is C20H31IN6O. The number of nitrogens with one attached hydrogen (secondary N) is 3. The number of halogens is 1. The van der Waals surface area contributed by atoms with Crippen LogP contribution in [0, 0.1) is 13.8 Å². The van der Waals surface area contributed by atoms with Crippen molar-refractivity contribution in [2.75, 3.05) is 18.4 Å². The van der Waals surface area contributed by atoms with Gasteiger partial charge in [0.1, 0.15) is 0 Å². The number of aromatic nitrogens is 2. The molecule has 0 saturated carbocycles. The quantitative estimate of drug-likeness (QED) is 0.226. The van der Waals surface area contributed by atoms with Crippen LogP contribution in [0.15, 0.2) is 35.3 Å². The van der Waals surface area contributed by atoms with Gasteiger partial charge in [0.25, 0.3) is 0 Å². The van der Waals surface area contributed by atoms with Crippen LogP contribution in [-0.2, 0) is 17.9 Å². The Labute approximate surface area is 184 Å². The van der Waals surface area contributed by atoms with Gasteiger partial charge < -0.3 is 16.0 Å². The van der Waals surface area contributed by atoms with Gasteiger partial charge in [-0.25, -0.2) is 4.99 Å². The van der Waals surface area contributed by atoms with Gasteiger partial charge in [-0.2, -0.15) is 5.10 Å². The predicted molar refractivity (Wildman–Crippen MR) is 125 cm³/mol. The summed E-state index contributed by atoms with van der Waals surface area (Å²) in [5.74, 6) is 0.712. The summed E-state index contributed by atoms with van der Waals surface area (Å²) in [6, 6.07) is 9.83. The highest BCUT2D eigenvalue weighted by atomic mass is 127. The lowest BCUT2D eigenvalue weighted by Gasteiger charge is -2.12. The van der Waals surface area contributed by atoms with Crippen molar-refractivity contribution in [3.05, 3.63) is 47.3 Å². The largest absolute Gasteiger partial charge is 0.357 e. The molecular weight excluding hydrogens is 467 g/mol. The van der Waals surface area contributed by atoms with Crippen molar-refractivity contribution < 1.29 is 4.79 Å². The molecule has 0 aliphatic carbocycles. The summed E-state index contributed by atoms with van der Waals surface area (Å²) in [5, 5.41) is 13.9. The zero-order valence-electron chi connectivity index (χ0n) is 17.1. The summed E-state index contributed by atoms with van der Waals surface area (Å²) >= 11 is 0. The van der Waals surface area contributed by atoms with Crippen molar-refractivity contribution in [2.45, 2.75) is 47.2 Å². The van der Waals surface area contributed by atoms with E-state index in [2.05, 4.69) is 39.0 Å². The fraction of sp³-hybridized carbons (Fsp3) is 0.450. The van der Waals surface area contributed by atoms with E-state index in [1.54, 1.807) is 0 Å². The first-order chi connectivity index (χ1) is 13.0. The monoisotopic (exact) mass is 498 g/mol. The molecule has 0 fully saturated rings. The Morgan fingerprint density at radius 1 is 1.21 bits per heavy atom. The molecule has 0 radical (unpaired) electrons. The Morgan fingerprint density at radius 3 is 2.64 bits per heavy atom. The van der Waals surface area contributed by atoms with Crippen LogP contribution in [0.1, 0.15) is 37.2 Å². The smallest absolute Gasteiger partial charge is 0.221 e. The van der Waals surface area contributed by atoms with Crippen LogP contribution in [0.25, 0.3) is 0 Å². The third-order valence-corrected chi connectivity index (χ3v) is 3.95. The molecule has 1 aromatic carbocycles. The molecule has 28 heavy (non-hydrogen) atoms. The topological polar surface area (TPSA) is 83.3 Å². The van der Waals surface area contributed by atoms with Crippen molar-refractivity contribution in [1.82, 2.24) is 20.4 Å². The number of benzene rings is 1. The van der Waals surface area contributed by atoms with Gasteiger partial charge in [0.2, 0.25) is 5.91 Å². The van der Waals surface area contributed by atoms with E-state index in [0.29, 0.717) is 6.54 Å². The first kappa shape index (κ1) is 23.9. The van der Waals surface area contributed by atoms with Gasteiger partial charge in [-0.1, -0.05) is 12.1 Å². The Bertz CT molecular complexity index is 787. The van der Waals surface area contributed by atoms with Crippen LogP contribution in [0.2, 0.25) is 0 Å². The molecule has 2 rings (SSSR count). The van der Waals surface area contributed by atoms with Crippen LogP contribution in [0.5, 0.6) is 0 Å². The average Bonchev–Trinajstić information content (AvgIpc) is 2.93. The zero-order valence-corrected chi connectivity index (χ0v) is 19.4. The van der Waals surface area contributed by atoms with Gasteiger partial charge in [0.15, 0.2) is 5.96 Å². The van der Waals surface area contributed by atoms with Crippen molar-refractivity contribution in [2.24, 2.45) is 4.99 Å². The number of guanidine groups is 1. The number of nitrogens with zero attached hydrogens (tertiary/aromatic N) is 3. The lowest BCUT2D eigenvalue weighted by Crippen LogP contribution is -2.38. The molecule has 0 spiro atoms. The number of carbonyl (C=O) groups excluding carboxylic acids is 1. The number of carbonyl (C=O) groups is 1. The molecule has 2 aromatic rings. The van der Waals surface area contributed by atoms with Crippen LogP contribution >= 0.6 is 24.0 Å². The summed E-state index contributed by atoms with van der Waals surface area (Å²) in [7, 11) is 0. The van der Waals surface area contributed by atoms with Gasteiger partial charge >= 0.3 is 0 Å².